The second-order valence-corrected chi connectivity index (χ2v) is 4.66. The van der Waals surface area contributed by atoms with Crippen molar-refractivity contribution in [3.05, 3.63) is 39.9 Å². The minimum absolute atomic E-state index is 0.152. The number of non-ortho nitro benzene ring substituents is 1. The first-order chi connectivity index (χ1) is 8.65. The van der Waals surface area contributed by atoms with Crippen molar-refractivity contribution in [3.8, 4) is 0 Å². The molecule has 98 valence electrons. The van der Waals surface area contributed by atoms with Crippen molar-refractivity contribution >= 4 is 5.69 Å². The van der Waals surface area contributed by atoms with E-state index in [1.54, 1.807) is 12.1 Å². The van der Waals surface area contributed by atoms with Gasteiger partial charge in [0.15, 0.2) is 0 Å². The highest BCUT2D eigenvalue weighted by atomic mass is 16.6. The molecule has 0 radical (unpaired) electrons. The highest BCUT2D eigenvalue weighted by Gasteiger charge is 2.16. The van der Waals surface area contributed by atoms with Gasteiger partial charge in [-0.15, -0.1) is 0 Å². The van der Waals surface area contributed by atoms with E-state index in [1.165, 1.54) is 0 Å². The number of benzene rings is 1. The van der Waals surface area contributed by atoms with E-state index in [9.17, 15) is 10.1 Å². The first-order valence-electron chi connectivity index (χ1n) is 6.22. The standard InChI is InChI=1S/C13H18N2O3/c1-11-10-14(8-9-18-11)7-6-12-2-4-13(5-3-12)15(16)17/h2-5,11H,6-10H2,1H3. The summed E-state index contributed by atoms with van der Waals surface area (Å²) in [6.07, 6.45) is 1.22. The van der Waals surface area contributed by atoms with Gasteiger partial charge in [-0.3, -0.25) is 15.0 Å². The molecular weight excluding hydrogens is 232 g/mol. The minimum atomic E-state index is -0.368. The summed E-state index contributed by atoms with van der Waals surface area (Å²) in [6.45, 7) is 5.79. The van der Waals surface area contributed by atoms with Crippen LogP contribution >= 0.6 is 0 Å². The zero-order valence-corrected chi connectivity index (χ0v) is 10.5. The quantitative estimate of drug-likeness (QED) is 0.604. The summed E-state index contributed by atoms with van der Waals surface area (Å²) in [6, 6.07) is 6.80. The Labute approximate surface area is 107 Å². The van der Waals surface area contributed by atoms with Crippen molar-refractivity contribution < 1.29 is 9.66 Å². The molecule has 1 aromatic rings. The molecule has 5 nitrogen and oxygen atoms in total. The molecule has 0 spiro atoms. The molecule has 1 saturated heterocycles. The monoisotopic (exact) mass is 250 g/mol. The van der Waals surface area contributed by atoms with Crippen LogP contribution in [0.2, 0.25) is 0 Å². The second-order valence-electron chi connectivity index (χ2n) is 4.66. The average molecular weight is 250 g/mol. The summed E-state index contributed by atoms with van der Waals surface area (Å²) < 4.78 is 5.49. The number of morpholine rings is 1. The summed E-state index contributed by atoms with van der Waals surface area (Å²) in [7, 11) is 0. The van der Waals surface area contributed by atoms with Gasteiger partial charge in [-0.05, 0) is 18.9 Å². The van der Waals surface area contributed by atoms with Gasteiger partial charge in [0.25, 0.3) is 5.69 Å². The molecular formula is C13H18N2O3. The molecule has 1 heterocycles. The van der Waals surface area contributed by atoms with Crippen LogP contribution in [0.15, 0.2) is 24.3 Å². The molecule has 18 heavy (non-hydrogen) atoms. The summed E-state index contributed by atoms with van der Waals surface area (Å²) >= 11 is 0. The lowest BCUT2D eigenvalue weighted by molar-refractivity contribution is -0.384. The van der Waals surface area contributed by atoms with Gasteiger partial charge in [-0.25, -0.2) is 0 Å². The number of hydrogen-bond donors (Lipinski definition) is 0. The van der Waals surface area contributed by atoms with Crippen molar-refractivity contribution in [1.29, 1.82) is 0 Å². The topological polar surface area (TPSA) is 55.6 Å². The molecule has 5 heteroatoms. The molecule has 1 aromatic carbocycles. The Morgan fingerprint density at radius 2 is 2.17 bits per heavy atom. The lowest BCUT2D eigenvalue weighted by Crippen LogP contribution is -2.41. The maximum atomic E-state index is 10.5. The van der Waals surface area contributed by atoms with Crippen molar-refractivity contribution in [2.24, 2.45) is 0 Å². The number of ether oxygens (including phenoxy) is 1. The number of nitro groups is 1. The van der Waals surface area contributed by atoms with Gasteiger partial charge in [0, 0.05) is 31.8 Å². The molecule has 0 aliphatic carbocycles. The lowest BCUT2D eigenvalue weighted by atomic mass is 10.1. The third kappa shape index (κ3) is 3.51. The molecule has 0 saturated carbocycles. The van der Waals surface area contributed by atoms with Gasteiger partial charge < -0.3 is 4.74 Å². The van der Waals surface area contributed by atoms with Crippen LogP contribution in [0, 0.1) is 10.1 Å². The smallest absolute Gasteiger partial charge is 0.269 e. The van der Waals surface area contributed by atoms with Crippen molar-refractivity contribution in [2.75, 3.05) is 26.2 Å². The molecule has 1 unspecified atom stereocenters. The fraction of sp³-hybridized carbons (Fsp3) is 0.538. The highest BCUT2D eigenvalue weighted by molar-refractivity contribution is 5.32. The second kappa shape index (κ2) is 5.93. The Hall–Kier alpha value is -1.46. The van der Waals surface area contributed by atoms with Crippen molar-refractivity contribution in [2.45, 2.75) is 19.4 Å². The predicted octanol–water partition coefficient (Wildman–Crippen LogP) is 1.86. The van der Waals surface area contributed by atoms with Gasteiger partial charge in [-0.1, -0.05) is 12.1 Å². The molecule has 1 aliphatic rings. The van der Waals surface area contributed by atoms with Crippen LogP contribution in [-0.2, 0) is 11.2 Å². The Kier molecular flexibility index (Phi) is 4.28. The SMILES string of the molecule is CC1CN(CCc2ccc([N+](=O)[O-])cc2)CCO1. The number of nitro benzene ring substituents is 1. The maximum absolute atomic E-state index is 10.5. The number of hydrogen-bond acceptors (Lipinski definition) is 4. The van der Waals surface area contributed by atoms with Gasteiger partial charge in [0.1, 0.15) is 0 Å². The molecule has 0 amide bonds. The third-order valence-corrected chi connectivity index (χ3v) is 3.19. The zero-order chi connectivity index (χ0) is 13.0. The molecule has 0 bridgehead atoms. The van der Waals surface area contributed by atoms with E-state index in [0.717, 1.165) is 38.2 Å². The first kappa shape index (κ1) is 13.0. The van der Waals surface area contributed by atoms with Crippen LogP contribution in [0.3, 0.4) is 0 Å². The Morgan fingerprint density at radius 3 is 2.78 bits per heavy atom. The van der Waals surface area contributed by atoms with Gasteiger partial charge in [-0.2, -0.15) is 0 Å². The van der Waals surface area contributed by atoms with Crippen LogP contribution in [0.5, 0.6) is 0 Å². The molecule has 1 aliphatic heterocycles. The van der Waals surface area contributed by atoms with E-state index in [2.05, 4.69) is 11.8 Å². The predicted molar refractivity (Wildman–Crippen MR) is 68.7 cm³/mol. The highest BCUT2D eigenvalue weighted by Crippen LogP contribution is 2.13. The van der Waals surface area contributed by atoms with E-state index < -0.39 is 0 Å². The Balaban J connectivity index is 1.84. The van der Waals surface area contributed by atoms with E-state index >= 15 is 0 Å². The molecule has 0 aromatic heterocycles. The largest absolute Gasteiger partial charge is 0.376 e. The number of rotatable bonds is 4. The Morgan fingerprint density at radius 1 is 1.44 bits per heavy atom. The molecule has 2 rings (SSSR count). The minimum Gasteiger partial charge on any atom is -0.376 e. The van der Waals surface area contributed by atoms with E-state index in [-0.39, 0.29) is 10.6 Å². The van der Waals surface area contributed by atoms with E-state index in [1.807, 2.05) is 12.1 Å². The van der Waals surface area contributed by atoms with Gasteiger partial charge in [0.05, 0.1) is 17.6 Å². The molecule has 0 N–H and O–H groups in total. The summed E-state index contributed by atoms with van der Waals surface area (Å²) in [5.74, 6) is 0. The third-order valence-electron chi connectivity index (χ3n) is 3.19. The molecule has 1 atom stereocenters. The number of nitrogens with zero attached hydrogens (tertiary/aromatic N) is 2. The Bertz CT molecular complexity index is 405. The van der Waals surface area contributed by atoms with Crippen LogP contribution in [-0.4, -0.2) is 42.2 Å². The first-order valence-corrected chi connectivity index (χ1v) is 6.22. The average Bonchev–Trinajstić information content (AvgIpc) is 2.37. The van der Waals surface area contributed by atoms with Crippen molar-refractivity contribution in [1.82, 2.24) is 4.90 Å². The van der Waals surface area contributed by atoms with Crippen LogP contribution in [0.25, 0.3) is 0 Å². The fourth-order valence-electron chi connectivity index (χ4n) is 2.17. The van der Waals surface area contributed by atoms with Gasteiger partial charge in [0.2, 0.25) is 0 Å². The van der Waals surface area contributed by atoms with E-state index in [0.29, 0.717) is 6.10 Å². The summed E-state index contributed by atoms with van der Waals surface area (Å²) in [5, 5.41) is 10.5. The molecule has 1 fully saturated rings. The summed E-state index contributed by atoms with van der Waals surface area (Å²) in [4.78, 5) is 12.5. The fourth-order valence-corrected chi connectivity index (χ4v) is 2.17. The van der Waals surface area contributed by atoms with E-state index in [4.69, 9.17) is 4.74 Å². The van der Waals surface area contributed by atoms with Crippen LogP contribution in [0.4, 0.5) is 5.69 Å². The van der Waals surface area contributed by atoms with Crippen LogP contribution in [0.1, 0.15) is 12.5 Å². The lowest BCUT2D eigenvalue weighted by Gasteiger charge is -2.30. The summed E-state index contributed by atoms with van der Waals surface area (Å²) in [5.41, 5.74) is 1.29. The zero-order valence-electron chi connectivity index (χ0n) is 10.5. The maximum Gasteiger partial charge on any atom is 0.269 e. The van der Waals surface area contributed by atoms with Gasteiger partial charge >= 0.3 is 0 Å². The normalized spacial score (nSPS) is 20.8. The van der Waals surface area contributed by atoms with Crippen molar-refractivity contribution in [3.63, 3.8) is 0 Å². The van der Waals surface area contributed by atoms with Crippen LogP contribution < -0.4 is 0 Å².